The second-order valence-electron chi connectivity index (χ2n) is 10.5. The number of fused-ring (bicyclic) bond motifs is 2. The fourth-order valence-electron chi connectivity index (χ4n) is 5.28. The largest absolute Gasteiger partial charge is 0.399 e. The zero-order valence-corrected chi connectivity index (χ0v) is 22.7. The number of benzene rings is 6. The first-order valence-electron chi connectivity index (χ1n) is 13.7. The van der Waals surface area contributed by atoms with Crippen molar-refractivity contribution < 1.29 is 0 Å². The molecule has 2 N–H and O–H groups in total. The highest BCUT2D eigenvalue weighted by Gasteiger charge is 2.14. The van der Waals surface area contributed by atoms with Crippen molar-refractivity contribution in [2.75, 3.05) is 5.73 Å². The van der Waals surface area contributed by atoms with Crippen LogP contribution < -0.4 is 5.73 Å². The van der Waals surface area contributed by atoms with E-state index in [-0.39, 0.29) is 5.92 Å². The molecule has 0 saturated carbocycles. The van der Waals surface area contributed by atoms with E-state index in [2.05, 4.69) is 123 Å². The van der Waals surface area contributed by atoms with E-state index in [4.69, 9.17) is 10.7 Å². The fraction of sp³-hybridized carbons (Fsp3) is 0.0789. The zero-order valence-electron chi connectivity index (χ0n) is 22.7. The van der Waals surface area contributed by atoms with E-state index >= 15 is 0 Å². The van der Waals surface area contributed by atoms with Crippen LogP contribution in [0.5, 0.6) is 0 Å². The van der Waals surface area contributed by atoms with E-state index in [1.807, 2.05) is 24.3 Å². The molecule has 0 heterocycles. The van der Waals surface area contributed by atoms with Gasteiger partial charge < -0.3 is 5.73 Å². The number of rotatable bonds is 7. The van der Waals surface area contributed by atoms with Gasteiger partial charge in [0.25, 0.3) is 0 Å². The number of nitrogen functional groups attached to an aromatic ring is 1. The molecular weight excluding hydrogens is 484 g/mol. The molecule has 1 atom stereocenters. The topological polar surface area (TPSA) is 38.4 Å². The average Bonchev–Trinajstić information content (AvgIpc) is 3.00. The molecule has 0 radical (unpaired) electrons. The van der Waals surface area contributed by atoms with Crippen molar-refractivity contribution in [3.8, 4) is 11.1 Å². The molecule has 6 aromatic rings. The zero-order chi connectivity index (χ0) is 27.5. The first kappa shape index (κ1) is 25.3. The molecule has 0 fully saturated rings. The van der Waals surface area contributed by atoms with Gasteiger partial charge >= 0.3 is 0 Å². The van der Waals surface area contributed by atoms with Crippen LogP contribution in [0.25, 0.3) is 38.4 Å². The van der Waals surface area contributed by atoms with E-state index in [0.29, 0.717) is 0 Å². The van der Waals surface area contributed by atoms with Crippen LogP contribution in [-0.4, -0.2) is 5.71 Å². The van der Waals surface area contributed by atoms with Crippen molar-refractivity contribution in [1.82, 2.24) is 0 Å². The Balaban J connectivity index is 1.33. The van der Waals surface area contributed by atoms with Gasteiger partial charge in [0.2, 0.25) is 0 Å². The van der Waals surface area contributed by atoms with Gasteiger partial charge in [-0.3, -0.25) is 4.99 Å². The van der Waals surface area contributed by atoms with Crippen LogP contribution in [0, 0.1) is 0 Å². The Labute approximate surface area is 236 Å². The summed E-state index contributed by atoms with van der Waals surface area (Å²) in [5, 5.41) is 4.97. The maximum atomic E-state index is 5.86. The third-order valence-electron chi connectivity index (χ3n) is 7.66. The Morgan fingerprint density at radius 1 is 0.625 bits per heavy atom. The lowest BCUT2D eigenvalue weighted by Gasteiger charge is -2.16. The number of aliphatic imine (C=N–C) groups is 1. The van der Waals surface area contributed by atoms with Crippen LogP contribution in [-0.2, 0) is 0 Å². The Morgan fingerprint density at radius 2 is 1.15 bits per heavy atom. The molecule has 0 aromatic heterocycles. The molecule has 0 bridgehead atoms. The lowest BCUT2D eigenvalue weighted by molar-refractivity contribution is 0.806. The van der Waals surface area contributed by atoms with Crippen LogP contribution in [0.4, 0.5) is 5.69 Å². The van der Waals surface area contributed by atoms with Gasteiger partial charge in [-0.2, -0.15) is 0 Å². The molecule has 0 amide bonds. The third-order valence-corrected chi connectivity index (χ3v) is 7.66. The van der Waals surface area contributed by atoms with Crippen molar-refractivity contribution in [1.29, 1.82) is 0 Å². The molecule has 0 saturated heterocycles. The maximum absolute atomic E-state index is 5.86. The molecule has 2 heteroatoms. The first-order valence-corrected chi connectivity index (χ1v) is 13.7. The second kappa shape index (κ2) is 11.0. The summed E-state index contributed by atoms with van der Waals surface area (Å²) in [4.78, 5) is 5.17. The van der Waals surface area contributed by atoms with E-state index in [1.54, 1.807) is 0 Å². The number of nitrogens with zero attached hydrogens (tertiary/aromatic N) is 1. The minimum Gasteiger partial charge on any atom is -0.399 e. The molecule has 2 nitrogen and oxygen atoms in total. The van der Waals surface area contributed by atoms with Crippen LogP contribution >= 0.6 is 0 Å². The molecule has 6 aromatic carbocycles. The summed E-state index contributed by atoms with van der Waals surface area (Å²) < 4.78 is 0. The van der Waals surface area contributed by atoms with Gasteiger partial charge in [0.1, 0.15) is 0 Å². The minimum absolute atomic E-state index is 0.288. The smallest absolute Gasteiger partial charge is 0.0633 e. The van der Waals surface area contributed by atoms with E-state index < -0.39 is 0 Å². The summed E-state index contributed by atoms with van der Waals surface area (Å²) in [6, 6.07) is 46.8. The molecule has 6 rings (SSSR count). The summed E-state index contributed by atoms with van der Waals surface area (Å²) in [6.07, 6.45) is 0.805. The average molecular weight is 517 g/mol. The fourth-order valence-corrected chi connectivity index (χ4v) is 5.28. The highest BCUT2D eigenvalue weighted by atomic mass is 14.8. The highest BCUT2D eigenvalue weighted by Crippen LogP contribution is 2.29. The van der Waals surface area contributed by atoms with Crippen LogP contribution in [0.3, 0.4) is 0 Å². The highest BCUT2D eigenvalue weighted by molar-refractivity contribution is 6.06. The number of nitrogens with two attached hydrogens (primary N) is 1. The van der Waals surface area contributed by atoms with Gasteiger partial charge in [0.15, 0.2) is 0 Å². The van der Waals surface area contributed by atoms with Gasteiger partial charge in [-0.25, -0.2) is 0 Å². The lowest BCUT2D eigenvalue weighted by atomic mass is 9.90. The molecule has 194 valence electrons. The van der Waals surface area contributed by atoms with E-state index in [1.165, 1.54) is 27.1 Å². The normalized spacial score (nSPS) is 12.5. The van der Waals surface area contributed by atoms with Gasteiger partial charge in [-0.1, -0.05) is 129 Å². The van der Waals surface area contributed by atoms with Gasteiger partial charge in [-0.05, 0) is 79.9 Å². The quantitative estimate of drug-likeness (QED) is 0.166. The van der Waals surface area contributed by atoms with Crippen molar-refractivity contribution in [3.63, 3.8) is 0 Å². The Hall–Kier alpha value is -4.95. The first-order chi connectivity index (χ1) is 19.5. The van der Waals surface area contributed by atoms with Gasteiger partial charge in [0.05, 0.1) is 5.70 Å². The summed E-state index contributed by atoms with van der Waals surface area (Å²) in [6.45, 7) is 6.67. The molecule has 0 aliphatic rings. The van der Waals surface area contributed by atoms with Gasteiger partial charge in [0, 0.05) is 11.4 Å². The standard InChI is InChI=1S/C38H32N2/c1-26(33-17-15-29-7-3-5-9-34(29)24-33)23-38(36-18-16-30-8-4-6-10-35(30)25-36)40-27(2)28-11-13-31(14-12-28)32-19-21-37(39)22-20-32/h3-22,24-26H,2,23,39H2,1H3/b40-38+. The SMILES string of the molecule is C=C(/N=C(\CC(C)c1ccc2ccccc2c1)c1ccc2ccccc2c1)c1ccc(-c2ccc(N)cc2)cc1. The predicted molar refractivity (Wildman–Crippen MR) is 173 cm³/mol. The number of anilines is 1. The van der Waals surface area contributed by atoms with Crippen molar-refractivity contribution >= 4 is 38.6 Å². The lowest BCUT2D eigenvalue weighted by Crippen LogP contribution is -2.07. The van der Waals surface area contributed by atoms with Gasteiger partial charge in [-0.15, -0.1) is 0 Å². The molecular formula is C38H32N2. The second-order valence-corrected chi connectivity index (χ2v) is 10.5. The summed E-state index contributed by atoms with van der Waals surface area (Å²) in [7, 11) is 0. The molecule has 1 unspecified atom stereocenters. The Morgan fingerprint density at radius 3 is 1.80 bits per heavy atom. The summed E-state index contributed by atoms with van der Waals surface area (Å²) >= 11 is 0. The Bertz CT molecular complexity index is 1840. The van der Waals surface area contributed by atoms with Crippen molar-refractivity contribution in [2.45, 2.75) is 19.3 Å². The molecule has 0 aliphatic heterocycles. The summed E-state index contributed by atoms with van der Waals surface area (Å²) in [5.41, 5.74) is 14.2. The van der Waals surface area contributed by atoms with Crippen LogP contribution in [0.15, 0.2) is 145 Å². The molecule has 40 heavy (non-hydrogen) atoms. The van der Waals surface area contributed by atoms with Crippen molar-refractivity contribution in [2.24, 2.45) is 4.99 Å². The monoisotopic (exact) mass is 516 g/mol. The van der Waals surface area contributed by atoms with E-state index in [0.717, 1.165) is 45.8 Å². The number of hydrogen-bond donors (Lipinski definition) is 1. The van der Waals surface area contributed by atoms with E-state index in [9.17, 15) is 0 Å². The molecule has 0 aliphatic carbocycles. The predicted octanol–water partition coefficient (Wildman–Crippen LogP) is 9.90. The minimum atomic E-state index is 0.288. The third kappa shape index (κ3) is 5.43. The van der Waals surface area contributed by atoms with Crippen LogP contribution in [0.1, 0.15) is 36.0 Å². The number of hydrogen-bond acceptors (Lipinski definition) is 2. The molecule has 0 spiro atoms. The summed E-state index contributed by atoms with van der Waals surface area (Å²) in [5.74, 6) is 0.288. The maximum Gasteiger partial charge on any atom is 0.0633 e. The Kier molecular flexibility index (Phi) is 6.99. The van der Waals surface area contributed by atoms with Crippen LogP contribution in [0.2, 0.25) is 0 Å². The van der Waals surface area contributed by atoms with Crippen molar-refractivity contribution in [3.05, 3.63) is 157 Å².